The molecule has 1 unspecified atom stereocenters. The van der Waals surface area contributed by atoms with E-state index in [2.05, 4.69) is 10.2 Å². The van der Waals surface area contributed by atoms with E-state index in [0.717, 1.165) is 30.9 Å². The summed E-state index contributed by atoms with van der Waals surface area (Å²) >= 11 is 0. The van der Waals surface area contributed by atoms with Crippen molar-refractivity contribution in [2.45, 2.75) is 13.0 Å². The van der Waals surface area contributed by atoms with E-state index in [4.69, 9.17) is 5.73 Å². The van der Waals surface area contributed by atoms with Crippen molar-refractivity contribution in [3.63, 3.8) is 0 Å². The SMILES string of the molecule is CC(=O)c1cccc(N2CCNC(CN)C2)c1. The van der Waals surface area contributed by atoms with Crippen LogP contribution in [0.4, 0.5) is 5.69 Å². The minimum atomic E-state index is 0.109. The molecule has 1 heterocycles. The maximum Gasteiger partial charge on any atom is 0.159 e. The zero-order valence-corrected chi connectivity index (χ0v) is 10.1. The van der Waals surface area contributed by atoms with Gasteiger partial charge in [0.25, 0.3) is 0 Å². The molecular formula is C13H19N3O. The molecule has 0 spiro atoms. The van der Waals surface area contributed by atoms with Gasteiger partial charge in [-0.1, -0.05) is 12.1 Å². The third-order valence-corrected chi connectivity index (χ3v) is 3.16. The highest BCUT2D eigenvalue weighted by molar-refractivity contribution is 5.94. The number of rotatable bonds is 3. The van der Waals surface area contributed by atoms with Crippen molar-refractivity contribution in [3.05, 3.63) is 29.8 Å². The Morgan fingerprint density at radius 2 is 2.41 bits per heavy atom. The molecule has 17 heavy (non-hydrogen) atoms. The van der Waals surface area contributed by atoms with Gasteiger partial charge >= 0.3 is 0 Å². The van der Waals surface area contributed by atoms with Gasteiger partial charge < -0.3 is 16.0 Å². The molecule has 1 aliphatic heterocycles. The van der Waals surface area contributed by atoms with Gasteiger partial charge in [-0.05, 0) is 19.1 Å². The van der Waals surface area contributed by atoms with Crippen molar-refractivity contribution >= 4 is 11.5 Å². The molecule has 3 N–H and O–H groups in total. The van der Waals surface area contributed by atoms with E-state index in [1.165, 1.54) is 0 Å². The van der Waals surface area contributed by atoms with Crippen LogP contribution in [-0.4, -0.2) is 38.0 Å². The zero-order chi connectivity index (χ0) is 12.3. The van der Waals surface area contributed by atoms with E-state index in [1.54, 1.807) is 6.92 Å². The Morgan fingerprint density at radius 1 is 1.59 bits per heavy atom. The van der Waals surface area contributed by atoms with E-state index >= 15 is 0 Å². The van der Waals surface area contributed by atoms with Crippen LogP contribution in [0.5, 0.6) is 0 Å². The number of carbonyl (C=O) groups excluding carboxylic acids is 1. The molecule has 92 valence electrons. The summed E-state index contributed by atoms with van der Waals surface area (Å²) in [6.07, 6.45) is 0. The van der Waals surface area contributed by atoms with E-state index in [1.807, 2.05) is 24.3 Å². The number of nitrogens with two attached hydrogens (primary N) is 1. The van der Waals surface area contributed by atoms with Gasteiger partial charge in [0, 0.05) is 43.5 Å². The largest absolute Gasteiger partial charge is 0.369 e. The smallest absolute Gasteiger partial charge is 0.159 e. The van der Waals surface area contributed by atoms with Gasteiger partial charge in [-0.25, -0.2) is 0 Å². The second kappa shape index (κ2) is 5.29. The Morgan fingerprint density at radius 3 is 3.12 bits per heavy atom. The van der Waals surface area contributed by atoms with E-state index in [0.29, 0.717) is 12.6 Å². The summed E-state index contributed by atoms with van der Waals surface area (Å²) in [4.78, 5) is 13.6. The lowest BCUT2D eigenvalue weighted by Crippen LogP contribution is -2.53. The monoisotopic (exact) mass is 233 g/mol. The average Bonchev–Trinajstić information content (AvgIpc) is 2.39. The third-order valence-electron chi connectivity index (χ3n) is 3.16. The Balaban J connectivity index is 2.16. The van der Waals surface area contributed by atoms with Crippen LogP contribution in [0.3, 0.4) is 0 Å². The highest BCUT2D eigenvalue weighted by Crippen LogP contribution is 2.18. The molecule has 0 aromatic heterocycles. The molecule has 0 amide bonds. The van der Waals surface area contributed by atoms with Gasteiger partial charge in [-0.3, -0.25) is 4.79 Å². The van der Waals surface area contributed by atoms with Gasteiger partial charge in [0.2, 0.25) is 0 Å². The first-order valence-corrected chi connectivity index (χ1v) is 6.00. The van der Waals surface area contributed by atoms with Gasteiger partial charge in [-0.15, -0.1) is 0 Å². The molecule has 1 aromatic carbocycles. The summed E-state index contributed by atoms with van der Waals surface area (Å²) in [5.41, 5.74) is 7.56. The highest BCUT2D eigenvalue weighted by atomic mass is 16.1. The predicted octanol–water partition coefficient (Wildman–Crippen LogP) is 0.626. The first-order valence-electron chi connectivity index (χ1n) is 6.00. The van der Waals surface area contributed by atoms with Crippen LogP contribution in [0, 0.1) is 0 Å². The van der Waals surface area contributed by atoms with Crippen molar-refractivity contribution < 1.29 is 4.79 Å². The molecule has 1 fully saturated rings. The van der Waals surface area contributed by atoms with Gasteiger partial charge in [0.15, 0.2) is 5.78 Å². The number of benzene rings is 1. The van der Waals surface area contributed by atoms with Crippen molar-refractivity contribution in [3.8, 4) is 0 Å². The maximum atomic E-state index is 11.4. The normalized spacial score (nSPS) is 20.4. The molecule has 0 radical (unpaired) electrons. The molecule has 0 aliphatic carbocycles. The molecule has 1 aromatic rings. The maximum absolute atomic E-state index is 11.4. The van der Waals surface area contributed by atoms with Gasteiger partial charge in [0.05, 0.1) is 0 Å². The number of ketones is 1. The fraction of sp³-hybridized carbons (Fsp3) is 0.462. The van der Waals surface area contributed by atoms with E-state index in [9.17, 15) is 4.79 Å². The molecule has 1 aliphatic rings. The van der Waals surface area contributed by atoms with Crippen molar-refractivity contribution in [2.75, 3.05) is 31.1 Å². The second-order valence-corrected chi connectivity index (χ2v) is 4.44. The number of nitrogens with zero attached hydrogens (tertiary/aromatic N) is 1. The van der Waals surface area contributed by atoms with Crippen LogP contribution in [0.15, 0.2) is 24.3 Å². The molecule has 0 saturated carbocycles. The first kappa shape index (κ1) is 12.1. The fourth-order valence-electron chi connectivity index (χ4n) is 2.14. The lowest BCUT2D eigenvalue weighted by molar-refractivity contribution is 0.101. The van der Waals surface area contributed by atoms with E-state index < -0.39 is 0 Å². The lowest BCUT2D eigenvalue weighted by Gasteiger charge is -2.34. The summed E-state index contributed by atoms with van der Waals surface area (Å²) < 4.78 is 0. The Labute approximate surface area is 102 Å². The van der Waals surface area contributed by atoms with Gasteiger partial charge in [0.1, 0.15) is 0 Å². The number of carbonyl (C=O) groups is 1. The van der Waals surface area contributed by atoms with Crippen LogP contribution >= 0.6 is 0 Å². The Hall–Kier alpha value is -1.39. The average molecular weight is 233 g/mol. The molecule has 2 rings (SSSR count). The topological polar surface area (TPSA) is 58.4 Å². The van der Waals surface area contributed by atoms with Crippen molar-refractivity contribution in [1.82, 2.24) is 5.32 Å². The zero-order valence-electron chi connectivity index (χ0n) is 10.1. The quantitative estimate of drug-likeness (QED) is 0.752. The Kier molecular flexibility index (Phi) is 3.76. The van der Waals surface area contributed by atoms with Crippen LogP contribution in [-0.2, 0) is 0 Å². The minimum absolute atomic E-state index is 0.109. The van der Waals surface area contributed by atoms with Crippen molar-refractivity contribution in [2.24, 2.45) is 5.73 Å². The number of nitrogens with one attached hydrogen (secondary N) is 1. The van der Waals surface area contributed by atoms with Crippen LogP contribution in [0.25, 0.3) is 0 Å². The molecular weight excluding hydrogens is 214 g/mol. The summed E-state index contributed by atoms with van der Waals surface area (Å²) in [5, 5.41) is 3.37. The standard InChI is InChI=1S/C13H19N3O/c1-10(17)11-3-2-4-13(7-11)16-6-5-15-12(8-14)9-16/h2-4,7,12,15H,5-6,8-9,14H2,1H3. The number of anilines is 1. The first-order chi connectivity index (χ1) is 8.20. The van der Waals surface area contributed by atoms with Crippen molar-refractivity contribution in [1.29, 1.82) is 0 Å². The molecule has 1 saturated heterocycles. The summed E-state index contributed by atoms with van der Waals surface area (Å²) in [7, 11) is 0. The molecule has 4 nitrogen and oxygen atoms in total. The Bertz CT molecular complexity index is 405. The predicted molar refractivity (Wildman–Crippen MR) is 69.5 cm³/mol. The fourth-order valence-corrected chi connectivity index (χ4v) is 2.14. The summed E-state index contributed by atoms with van der Waals surface area (Å²) in [6, 6.07) is 8.14. The highest BCUT2D eigenvalue weighted by Gasteiger charge is 2.18. The molecule has 0 bridgehead atoms. The molecule has 4 heteroatoms. The summed E-state index contributed by atoms with van der Waals surface area (Å²) in [5.74, 6) is 0.109. The number of hydrogen-bond donors (Lipinski definition) is 2. The number of hydrogen-bond acceptors (Lipinski definition) is 4. The van der Waals surface area contributed by atoms with Crippen LogP contribution in [0.2, 0.25) is 0 Å². The number of piperazine rings is 1. The summed E-state index contributed by atoms with van der Waals surface area (Å²) in [6.45, 7) is 5.03. The minimum Gasteiger partial charge on any atom is -0.369 e. The number of Topliss-reactive ketones (excluding diaryl/α,β-unsaturated/α-hetero) is 1. The molecule has 1 atom stereocenters. The third kappa shape index (κ3) is 2.84. The van der Waals surface area contributed by atoms with Crippen LogP contribution < -0.4 is 16.0 Å². The second-order valence-electron chi connectivity index (χ2n) is 4.44. The van der Waals surface area contributed by atoms with E-state index in [-0.39, 0.29) is 5.78 Å². The van der Waals surface area contributed by atoms with Crippen LogP contribution in [0.1, 0.15) is 17.3 Å². The van der Waals surface area contributed by atoms with Gasteiger partial charge in [-0.2, -0.15) is 0 Å². The lowest BCUT2D eigenvalue weighted by atomic mass is 10.1.